The molecule has 3 aliphatic rings. The molecule has 1 saturated heterocycles. The molecule has 1 aliphatic carbocycles. The zero-order chi connectivity index (χ0) is 19.9. The van der Waals surface area contributed by atoms with Gasteiger partial charge in [0.1, 0.15) is 0 Å². The maximum atomic E-state index is 12.0. The van der Waals surface area contributed by atoms with Crippen LogP contribution in [0.4, 0.5) is 5.82 Å². The van der Waals surface area contributed by atoms with E-state index in [9.17, 15) is 4.79 Å². The molecular weight excluding hydrogens is 354 g/mol. The van der Waals surface area contributed by atoms with Crippen LogP contribution in [0.15, 0.2) is 23.9 Å². The minimum atomic E-state index is -0.275. The van der Waals surface area contributed by atoms with Crippen LogP contribution in [0.25, 0.3) is 0 Å². The summed E-state index contributed by atoms with van der Waals surface area (Å²) >= 11 is 0. The Morgan fingerprint density at radius 2 is 2.25 bits per heavy atom. The zero-order valence-electron chi connectivity index (χ0n) is 17.1. The number of anilines is 1. The summed E-state index contributed by atoms with van der Waals surface area (Å²) in [4.78, 5) is 13.8. The number of nitrogens with two attached hydrogens (primary N) is 1. The Kier molecular flexibility index (Phi) is 5.05. The van der Waals surface area contributed by atoms with Crippen molar-refractivity contribution in [2.24, 2.45) is 11.7 Å². The highest BCUT2D eigenvalue weighted by atomic mass is 16.5. The summed E-state index contributed by atoms with van der Waals surface area (Å²) in [6.07, 6.45) is 9.01. The molecule has 0 aromatic carbocycles. The van der Waals surface area contributed by atoms with E-state index in [1.807, 2.05) is 4.90 Å². The Morgan fingerprint density at radius 1 is 1.43 bits per heavy atom. The lowest BCUT2D eigenvalue weighted by atomic mass is 9.82. The van der Waals surface area contributed by atoms with Crippen LogP contribution in [0.3, 0.4) is 0 Å². The van der Waals surface area contributed by atoms with Crippen LogP contribution in [0, 0.1) is 5.92 Å². The van der Waals surface area contributed by atoms with Gasteiger partial charge in [0.05, 0.1) is 19.2 Å². The average molecular weight is 386 g/mol. The number of rotatable bonds is 4. The highest BCUT2D eigenvalue weighted by Crippen LogP contribution is 2.33. The third-order valence-corrected chi connectivity index (χ3v) is 6.10. The van der Waals surface area contributed by atoms with Gasteiger partial charge in [-0.25, -0.2) is 0 Å². The summed E-state index contributed by atoms with van der Waals surface area (Å²) in [5, 5.41) is 8.50. The molecule has 4 rings (SSSR count). The molecular formula is C21H31N5O2. The second-order valence-corrected chi connectivity index (χ2v) is 8.76. The zero-order valence-corrected chi connectivity index (χ0v) is 17.1. The Hall–Kier alpha value is -2.12. The fraction of sp³-hybridized carbons (Fsp3) is 0.619. The number of nitrogens with zero attached hydrogens (tertiary/aromatic N) is 3. The molecule has 152 valence electrons. The quantitative estimate of drug-likeness (QED) is 0.831. The molecule has 7 heteroatoms. The molecule has 0 bridgehead atoms. The first-order chi connectivity index (χ1) is 13.3. The molecule has 28 heavy (non-hydrogen) atoms. The number of allylic oxidation sites excluding steroid dienone is 3. The normalized spacial score (nSPS) is 24.9. The van der Waals surface area contributed by atoms with Crippen molar-refractivity contribution in [3.05, 3.63) is 35.2 Å². The predicted molar refractivity (Wildman–Crippen MR) is 109 cm³/mol. The fourth-order valence-electron chi connectivity index (χ4n) is 4.27. The molecule has 3 heterocycles. The Morgan fingerprint density at radius 3 is 2.93 bits per heavy atom. The Balaban J connectivity index is 1.62. The topological polar surface area (TPSA) is 85.4 Å². The second kappa shape index (κ2) is 7.37. The summed E-state index contributed by atoms with van der Waals surface area (Å²) in [5.41, 5.74) is 9.53. The smallest absolute Gasteiger partial charge is 0.219 e. The molecule has 1 aromatic heterocycles. The summed E-state index contributed by atoms with van der Waals surface area (Å²) in [7, 11) is 0. The van der Waals surface area contributed by atoms with Gasteiger partial charge in [0.2, 0.25) is 5.91 Å². The molecule has 2 unspecified atom stereocenters. The maximum absolute atomic E-state index is 12.0. The molecule has 0 radical (unpaired) electrons. The van der Waals surface area contributed by atoms with E-state index in [1.165, 1.54) is 5.69 Å². The van der Waals surface area contributed by atoms with Gasteiger partial charge >= 0.3 is 0 Å². The van der Waals surface area contributed by atoms with E-state index >= 15 is 0 Å². The van der Waals surface area contributed by atoms with E-state index in [4.69, 9.17) is 15.6 Å². The van der Waals surface area contributed by atoms with E-state index in [1.54, 1.807) is 6.92 Å². The number of nitrogens with one attached hydrogen (secondary N) is 1. The Bertz CT molecular complexity index is 811. The van der Waals surface area contributed by atoms with Crippen molar-refractivity contribution < 1.29 is 9.53 Å². The standard InChI is InChI=1S/C21H31N5O2/c1-14(27)25-9-7-19-18(12-25)20(24-26(19)17-8-10-28-13-17)23-16-6-4-5-15(11-16)21(2,3)22/h4-6,15,17H,7-13,22H2,1-3H3,(H,23,24). The van der Waals surface area contributed by atoms with Gasteiger partial charge in [-0.1, -0.05) is 12.2 Å². The van der Waals surface area contributed by atoms with Gasteiger partial charge in [0.15, 0.2) is 5.82 Å². The fourth-order valence-corrected chi connectivity index (χ4v) is 4.27. The number of carbonyl (C=O) groups excluding carboxylic acids is 1. The largest absolute Gasteiger partial charge is 0.379 e. The number of hydrogen-bond donors (Lipinski definition) is 2. The van der Waals surface area contributed by atoms with E-state index in [2.05, 4.69) is 42.1 Å². The monoisotopic (exact) mass is 385 g/mol. The van der Waals surface area contributed by atoms with Crippen molar-refractivity contribution in [1.29, 1.82) is 0 Å². The van der Waals surface area contributed by atoms with Gasteiger partial charge < -0.3 is 20.7 Å². The van der Waals surface area contributed by atoms with Crippen LogP contribution in [-0.2, 0) is 22.5 Å². The van der Waals surface area contributed by atoms with Crippen LogP contribution >= 0.6 is 0 Å². The number of fused-ring (bicyclic) bond motifs is 1. The van der Waals surface area contributed by atoms with Crippen LogP contribution in [0.2, 0.25) is 0 Å². The molecule has 0 saturated carbocycles. The van der Waals surface area contributed by atoms with E-state index in [-0.39, 0.29) is 23.4 Å². The lowest BCUT2D eigenvalue weighted by Crippen LogP contribution is -2.41. The number of amides is 1. The lowest BCUT2D eigenvalue weighted by Gasteiger charge is -2.31. The molecule has 3 N–H and O–H groups in total. The summed E-state index contributed by atoms with van der Waals surface area (Å²) in [6.45, 7) is 8.60. The average Bonchev–Trinajstić information content (AvgIpc) is 3.29. The number of carbonyl (C=O) groups is 1. The molecule has 1 aromatic rings. The maximum Gasteiger partial charge on any atom is 0.219 e. The molecule has 1 amide bonds. The molecule has 0 spiro atoms. The molecule has 2 atom stereocenters. The van der Waals surface area contributed by atoms with Crippen molar-refractivity contribution in [3.63, 3.8) is 0 Å². The lowest BCUT2D eigenvalue weighted by molar-refractivity contribution is -0.129. The van der Waals surface area contributed by atoms with Gasteiger partial charge in [-0.3, -0.25) is 9.48 Å². The van der Waals surface area contributed by atoms with Crippen LogP contribution in [0.5, 0.6) is 0 Å². The van der Waals surface area contributed by atoms with E-state index in [0.717, 1.165) is 49.5 Å². The molecule has 1 fully saturated rings. The third kappa shape index (κ3) is 3.73. The van der Waals surface area contributed by atoms with Crippen LogP contribution < -0.4 is 11.1 Å². The van der Waals surface area contributed by atoms with Crippen LogP contribution in [-0.4, -0.2) is 45.9 Å². The van der Waals surface area contributed by atoms with Crippen molar-refractivity contribution in [2.75, 3.05) is 25.1 Å². The SMILES string of the molecule is CC(=O)N1CCc2c(c(NC3=CC=CC(C(C)(C)N)C3)nn2C2CCOC2)C1. The summed E-state index contributed by atoms with van der Waals surface area (Å²) in [6, 6.07) is 0.282. The third-order valence-electron chi connectivity index (χ3n) is 6.10. The van der Waals surface area contributed by atoms with Gasteiger partial charge in [0.25, 0.3) is 0 Å². The first-order valence-electron chi connectivity index (χ1n) is 10.2. The highest BCUT2D eigenvalue weighted by molar-refractivity contribution is 5.74. The Labute approximate surface area is 166 Å². The highest BCUT2D eigenvalue weighted by Gasteiger charge is 2.31. The molecule has 7 nitrogen and oxygen atoms in total. The molecule has 2 aliphatic heterocycles. The summed E-state index contributed by atoms with van der Waals surface area (Å²) < 4.78 is 7.74. The second-order valence-electron chi connectivity index (χ2n) is 8.76. The van der Waals surface area contributed by atoms with Gasteiger partial charge in [-0.2, -0.15) is 5.10 Å². The van der Waals surface area contributed by atoms with Gasteiger partial charge in [-0.05, 0) is 38.7 Å². The van der Waals surface area contributed by atoms with Gasteiger partial charge in [-0.15, -0.1) is 0 Å². The summed E-state index contributed by atoms with van der Waals surface area (Å²) in [5.74, 6) is 1.25. The van der Waals surface area contributed by atoms with Gasteiger partial charge in [0, 0.05) is 49.0 Å². The van der Waals surface area contributed by atoms with Crippen LogP contribution in [0.1, 0.15) is 50.9 Å². The van der Waals surface area contributed by atoms with Crippen molar-refractivity contribution in [1.82, 2.24) is 14.7 Å². The number of hydrogen-bond acceptors (Lipinski definition) is 5. The minimum absolute atomic E-state index is 0.110. The predicted octanol–water partition coefficient (Wildman–Crippen LogP) is 2.36. The minimum Gasteiger partial charge on any atom is -0.379 e. The number of ether oxygens (including phenoxy) is 1. The van der Waals surface area contributed by atoms with Crippen molar-refractivity contribution in [2.45, 2.75) is 58.2 Å². The first kappa shape index (κ1) is 19.2. The number of aromatic nitrogens is 2. The van der Waals surface area contributed by atoms with Crippen molar-refractivity contribution >= 4 is 11.7 Å². The first-order valence-corrected chi connectivity index (χ1v) is 10.2. The van der Waals surface area contributed by atoms with Crippen molar-refractivity contribution in [3.8, 4) is 0 Å². The van der Waals surface area contributed by atoms with E-state index < -0.39 is 0 Å². The van der Waals surface area contributed by atoms with E-state index in [0.29, 0.717) is 13.2 Å².